The molecule has 1 aliphatic carbocycles. The fraction of sp³-hybridized carbons (Fsp3) is 0.875. The van der Waals surface area contributed by atoms with Gasteiger partial charge in [-0.15, -0.1) is 0 Å². The van der Waals surface area contributed by atoms with Gasteiger partial charge in [0.05, 0.1) is 5.92 Å². The van der Waals surface area contributed by atoms with Crippen LogP contribution in [0.4, 0.5) is 13.2 Å². The van der Waals surface area contributed by atoms with Crippen molar-refractivity contribution in [3.63, 3.8) is 0 Å². The second-order valence-electron chi connectivity index (χ2n) is 6.69. The minimum Gasteiger partial charge on any atom is -0.339 e. The number of rotatable bonds is 4. The summed E-state index contributed by atoms with van der Waals surface area (Å²) >= 11 is 0. The molecule has 2 amide bonds. The Morgan fingerprint density at radius 3 is 2.29 bits per heavy atom. The van der Waals surface area contributed by atoms with E-state index in [9.17, 15) is 22.8 Å². The van der Waals surface area contributed by atoms with Crippen LogP contribution in [0.1, 0.15) is 39.0 Å². The number of hydrogen-bond acceptors (Lipinski definition) is 3. The molecule has 1 aliphatic heterocycles. The van der Waals surface area contributed by atoms with Crippen LogP contribution in [-0.2, 0) is 9.59 Å². The highest BCUT2D eigenvalue weighted by atomic mass is 19.4. The smallest absolute Gasteiger partial charge is 0.339 e. The van der Waals surface area contributed by atoms with Gasteiger partial charge in [0.15, 0.2) is 0 Å². The lowest BCUT2D eigenvalue weighted by Crippen LogP contribution is -2.50. The molecule has 0 unspecified atom stereocenters. The van der Waals surface area contributed by atoms with Gasteiger partial charge in [-0.25, -0.2) is 0 Å². The standard InChI is InChI=1S/C16H26F3N3O2/c1-12(23)21-7-9-22(10-8-21)15(24)5-6-20-14-4-2-3-13(11-14)16(17,18)19/h13-14,20H,2-11H2,1H3/t13-,14+/m1/s1. The fourth-order valence-corrected chi connectivity index (χ4v) is 3.48. The average molecular weight is 349 g/mol. The number of carbonyl (C=O) groups is 2. The highest BCUT2D eigenvalue weighted by Crippen LogP contribution is 2.37. The minimum atomic E-state index is -4.12. The summed E-state index contributed by atoms with van der Waals surface area (Å²) in [5.41, 5.74) is 0. The first-order valence-electron chi connectivity index (χ1n) is 8.60. The summed E-state index contributed by atoms with van der Waals surface area (Å²) in [4.78, 5) is 26.8. The molecule has 2 fully saturated rings. The third-order valence-corrected chi connectivity index (χ3v) is 4.99. The summed E-state index contributed by atoms with van der Waals surface area (Å²) in [5, 5.41) is 3.11. The van der Waals surface area contributed by atoms with Gasteiger partial charge in [0.1, 0.15) is 0 Å². The molecule has 0 aromatic rings. The Morgan fingerprint density at radius 2 is 1.71 bits per heavy atom. The molecule has 2 rings (SSSR count). The van der Waals surface area contributed by atoms with Gasteiger partial charge >= 0.3 is 6.18 Å². The number of amides is 2. The van der Waals surface area contributed by atoms with Crippen molar-refractivity contribution in [1.29, 1.82) is 0 Å². The second-order valence-corrected chi connectivity index (χ2v) is 6.69. The molecule has 8 heteroatoms. The van der Waals surface area contributed by atoms with Crippen LogP contribution in [0.5, 0.6) is 0 Å². The Morgan fingerprint density at radius 1 is 1.08 bits per heavy atom. The molecule has 0 aromatic heterocycles. The summed E-state index contributed by atoms with van der Waals surface area (Å²) in [6.07, 6.45) is -2.21. The van der Waals surface area contributed by atoms with Gasteiger partial charge in [-0.3, -0.25) is 9.59 Å². The molecule has 138 valence electrons. The van der Waals surface area contributed by atoms with Crippen molar-refractivity contribution < 1.29 is 22.8 Å². The van der Waals surface area contributed by atoms with Crippen molar-refractivity contribution in [3.8, 4) is 0 Å². The van der Waals surface area contributed by atoms with Crippen LogP contribution in [0, 0.1) is 5.92 Å². The number of hydrogen-bond donors (Lipinski definition) is 1. The van der Waals surface area contributed by atoms with E-state index < -0.39 is 12.1 Å². The molecule has 1 saturated heterocycles. The van der Waals surface area contributed by atoms with E-state index in [2.05, 4.69) is 5.32 Å². The molecule has 0 aromatic carbocycles. The SMILES string of the molecule is CC(=O)N1CCN(C(=O)CCN[C@H]2CCC[C@@H](C(F)(F)F)C2)CC1. The summed E-state index contributed by atoms with van der Waals surface area (Å²) < 4.78 is 38.3. The molecular weight excluding hydrogens is 323 g/mol. The van der Waals surface area contributed by atoms with Gasteiger partial charge in [-0.2, -0.15) is 13.2 Å². The number of carbonyl (C=O) groups excluding carboxylic acids is 2. The largest absolute Gasteiger partial charge is 0.391 e. The monoisotopic (exact) mass is 349 g/mol. The van der Waals surface area contributed by atoms with E-state index in [0.717, 1.165) is 6.42 Å². The lowest BCUT2D eigenvalue weighted by Gasteiger charge is -2.34. The summed E-state index contributed by atoms with van der Waals surface area (Å²) in [5.74, 6) is -1.21. The average Bonchev–Trinajstić information content (AvgIpc) is 2.54. The first kappa shape index (κ1) is 19.0. The molecule has 5 nitrogen and oxygen atoms in total. The summed E-state index contributed by atoms with van der Waals surface area (Å²) in [6.45, 7) is 4.06. The Bertz CT molecular complexity index is 448. The zero-order valence-corrected chi connectivity index (χ0v) is 14.1. The number of piperazine rings is 1. The maximum atomic E-state index is 12.8. The van der Waals surface area contributed by atoms with Crippen LogP contribution >= 0.6 is 0 Å². The van der Waals surface area contributed by atoms with E-state index in [-0.39, 0.29) is 37.1 Å². The van der Waals surface area contributed by atoms with Crippen LogP contribution in [-0.4, -0.2) is 66.6 Å². The Kier molecular flexibility index (Phi) is 6.48. The molecule has 2 atom stereocenters. The van der Waals surface area contributed by atoms with Crippen molar-refractivity contribution in [3.05, 3.63) is 0 Å². The van der Waals surface area contributed by atoms with Crippen molar-refractivity contribution in [2.45, 2.75) is 51.2 Å². The van der Waals surface area contributed by atoms with Gasteiger partial charge < -0.3 is 15.1 Å². The lowest BCUT2D eigenvalue weighted by molar-refractivity contribution is -0.183. The van der Waals surface area contributed by atoms with E-state index in [4.69, 9.17) is 0 Å². The number of nitrogens with one attached hydrogen (secondary N) is 1. The molecule has 24 heavy (non-hydrogen) atoms. The van der Waals surface area contributed by atoms with E-state index in [1.54, 1.807) is 9.80 Å². The van der Waals surface area contributed by atoms with Crippen LogP contribution in [0.2, 0.25) is 0 Å². The molecule has 1 saturated carbocycles. The quantitative estimate of drug-likeness (QED) is 0.842. The van der Waals surface area contributed by atoms with E-state index in [1.807, 2.05) is 0 Å². The van der Waals surface area contributed by atoms with Gasteiger partial charge in [0, 0.05) is 52.1 Å². The van der Waals surface area contributed by atoms with E-state index >= 15 is 0 Å². The van der Waals surface area contributed by atoms with Gasteiger partial charge in [0.25, 0.3) is 0 Å². The highest BCUT2D eigenvalue weighted by Gasteiger charge is 2.42. The normalized spacial score (nSPS) is 25.7. The number of halogens is 3. The molecule has 1 heterocycles. The third kappa shape index (κ3) is 5.36. The number of nitrogens with zero attached hydrogens (tertiary/aromatic N) is 2. The maximum absolute atomic E-state index is 12.8. The van der Waals surface area contributed by atoms with Crippen molar-refractivity contribution in [1.82, 2.24) is 15.1 Å². The molecule has 0 spiro atoms. The molecule has 2 aliphatic rings. The van der Waals surface area contributed by atoms with E-state index in [0.29, 0.717) is 39.1 Å². The topological polar surface area (TPSA) is 52.7 Å². The highest BCUT2D eigenvalue weighted by molar-refractivity contribution is 5.77. The summed E-state index contributed by atoms with van der Waals surface area (Å²) in [7, 11) is 0. The predicted molar refractivity (Wildman–Crippen MR) is 83.3 cm³/mol. The maximum Gasteiger partial charge on any atom is 0.391 e. The second kappa shape index (κ2) is 8.18. The fourth-order valence-electron chi connectivity index (χ4n) is 3.48. The van der Waals surface area contributed by atoms with Crippen molar-refractivity contribution in [2.24, 2.45) is 5.92 Å². The van der Waals surface area contributed by atoms with Crippen LogP contribution in [0.25, 0.3) is 0 Å². The predicted octanol–water partition coefficient (Wildman–Crippen LogP) is 1.78. The minimum absolute atomic E-state index is 0.00566. The molecular formula is C16H26F3N3O2. The first-order valence-corrected chi connectivity index (χ1v) is 8.60. The Labute approximate surface area is 140 Å². The van der Waals surface area contributed by atoms with Gasteiger partial charge in [-0.1, -0.05) is 6.42 Å². The van der Waals surface area contributed by atoms with Crippen molar-refractivity contribution in [2.75, 3.05) is 32.7 Å². The van der Waals surface area contributed by atoms with Crippen LogP contribution in [0.3, 0.4) is 0 Å². The first-order chi connectivity index (χ1) is 11.3. The summed E-state index contributed by atoms with van der Waals surface area (Å²) in [6, 6.07) is -0.160. The third-order valence-electron chi connectivity index (χ3n) is 4.99. The number of alkyl halides is 3. The zero-order chi connectivity index (χ0) is 17.7. The Balaban J connectivity index is 1.67. The molecule has 0 bridgehead atoms. The van der Waals surface area contributed by atoms with E-state index in [1.165, 1.54) is 6.92 Å². The van der Waals surface area contributed by atoms with Crippen molar-refractivity contribution >= 4 is 11.8 Å². The Hall–Kier alpha value is -1.31. The van der Waals surface area contributed by atoms with Gasteiger partial charge in [0.2, 0.25) is 11.8 Å². The lowest BCUT2D eigenvalue weighted by atomic mass is 9.85. The molecule has 0 radical (unpaired) electrons. The zero-order valence-electron chi connectivity index (χ0n) is 14.1. The van der Waals surface area contributed by atoms with Gasteiger partial charge in [-0.05, 0) is 19.3 Å². The van der Waals surface area contributed by atoms with Crippen LogP contribution in [0.15, 0.2) is 0 Å². The molecule has 1 N–H and O–H groups in total. The van der Waals surface area contributed by atoms with Crippen LogP contribution < -0.4 is 5.32 Å².